The molecule has 1 amide bonds. The third-order valence-electron chi connectivity index (χ3n) is 3.48. The van der Waals surface area contributed by atoms with Crippen LogP contribution in [0.1, 0.15) is 15.9 Å². The Labute approximate surface area is 153 Å². The van der Waals surface area contributed by atoms with Crippen LogP contribution in [0.25, 0.3) is 0 Å². The molecule has 0 saturated carbocycles. The zero-order valence-corrected chi connectivity index (χ0v) is 16.4. The van der Waals surface area contributed by atoms with Gasteiger partial charge in [-0.15, -0.1) is 0 Å². The summed E-state index contributed by atoms with van der Waals surface area (Å²) in [6, 6.07) is 11.0. The van der Waals surface area contributed by atoms with E-state index in [0.717, 1.165) is 6.26 Å². The molecule has 6 nitrogen and oxygen atoms in total. The summed E-state index contributed by atoms with van der Waals surface area (Å²) in [5.41, 5.74) is 0.941. The first-order valence-corrected chi connectivity index (χ1v) is 11.1. The van der Waals surface area contributed by atoms with E-state index in [1.54, 1.807) is 43.3 Å². The monoisotopic (exact) mass is 396 g/mol. The van der Waals surface area contributed by atoms with Crippen LogP contribution in [-0.4, -0.2) is 42.9 Å². The SMILES string of the molecule is CNC(=O)c1ccc(O[Si](COS(C)(=O)=O)c2ccc(C)c(F)c2)cc1. The molecule has 1 radical (unpaired) electrons. The zero-order valence-electron chi connectivity index (χ0n) is 14.6. The minimum Gasteiger partial charge on any atom is -0.535 e. The highest BCUT2D eigenvalue weighted by Crippen LogP contribution is 2.14. The molecule has 0 aromatic heterocycles. The number of carbonyl (C=O) groups excluding carboxylic acids is 1. The Bertz CT molecular complexity index is 887. The lowest BCUT2D eigenvalue weighted by molar-refractivity contribution is 0.0963. The normalized spacial score (nSPS) is 11.4. The van der Waals surface area contributed by atoms with Crippen LogP contribution in [0.15, 0.2) is 42.5 Å². The summed E-state index contributed by atoms with van der Waals surface area (Å²) in [6.07, 6.45) is 0.740. The highest BCUT2D eigenvalue weighted by molar-refractivity contribution is 7.86. The molecule has 0 aliphatic heterocycles. The van der Waals surface area contributed by atoms with Crippen LogP contribution >= 0.6 is 0 Å². The number of rotatable bonds is 7. The molecule has 1 N–H and O–H groups in total. The molecule has 0 saturated heterocycles. The van der Waals surface area contributed by atoms with Crippen molar-refractivity contribution in [3.8, 4) is 5.75 Å². The number of hydrogen-bond donors (Lipinski definition) is 1. The third-order valence-corrected chi connectivity index (χ3v) is 6.08. The lowest BCUT2D eigenvalue weighted by Gasteiger charge is -2.17. The Morgan fingerprint density at radius 1 is 1.19 bits per heavy atom. The minimum absolute atomic E-state index is 0.205. The van der Waals surface area contributed by atoms with Gasteiger partial charge in [0, 0.05) is 12.6 Å². The molecule has 2 aromatic rings. The van der Waals surface area contributed by atoms with Gasteiger partial charge in [-0.25, -0.2) is 4.39 Å². The number of amides is 1. The first-order valence-electron chi connectivity index (χ1n) is 7.66. The lowest BCUT2D eigenvalue weighted by atomic mass is 10.2. The van der Waals surface area contributed by atoms with E-state index >= 15 is 0 Å². The van der Waals surface area contributed by atoms with Crippen LogP contribution in [0.3, 0.4) is 0 Å². The smallest absolute Gasteiger partial charge is 0.345 e. The molecule has 0 fully saturated rings. The molecule has 0 bridgehead atoms. The van der Waals surface area contributed by atoms with Gasteiger partial charge in [0.1, 0.15) is 17.8 Å². The van der Waals surface area contributed by atoms with Crippen molar-refractivity contribution in [1.29, 1.82) is 0 Å². The second kappa shape index (κ2) is 8.43. The van der Waals surface area contributed by atoms with E-state index in [1.807, 2.05) is 0 Å². The van der Waals surface area contributed by atoms with Gasteiger partial charge in [-0.1, -0.05) is 12.1 Å². The van der Waals surface area contributed by atoms with Crippen LogP contribution in [-0.2, 0) is 14.3 Å². The van der Waals surface area contributed by atoms with Crippen molar-refractivity contribution in [3.63, 3.8) is 0 Å². The van der Waals surface area contributed by atoms with Gasteiger partial charge < -0.3 is 9.74 Å². The van der Waals surface area contributed by atoms with Gasteiger partial charge in [0.15, 0.2) is 0 Å². The lowest BCUT2D eigenvalue weighted by Crippen LogP contribution is -2.42. The van der Waals surface area contributed by atoms with Gasteiger partial charge in [-0.2, -0.15) is 8.42 Å². The van der Waals surface area contributed by atoms with Crippen molar-refractivity contribution in [2.45, 2.75) is 6.92 Å². The van der Waals surface area contributed by atoms with Crippen LogP contribution in [0.5, 0.6) is 5.75 Å². The first kappa shape index (κ1) is 20.1. The second-order valence-electron chi connectivity index (χ2n) is 5.56. The Morgan fingerprint density at radius 2 is 1.85 bits per heavy atom. The standard InChI is InChI=1S/C17H19FNO5SSi/c1-12-4-9-15(10-16(12)18)26(11-23-25(3,21)22)24-14-7-5-13(6-8-14)17(20)19-2/h4-10H,11H2,1-3H3,(H,19,20). The number of carbonyl (C=O) groups is 1. The average Bonchev–Trinajstić information content (AvgIpc) is 2.60. The van der Waals surface area contributed by atoms with E-state index < -0.39 is 25.0 Å². The molecule has 2 rings (SSSR count). The van der Waals surface area contributed by atoms with E-state index in [1.165, 1.54) is 13.1 Å². The number of nitrogens with one attached hydrogen (secondary N) is 1. The predicted octanol–water partition coefficient (Wildman–Crippen LogP) is 1.29. The van der Waals surface area contributed by atoms with E-state index in [-0.39, 0.29) is 12.1 Å². The largest absolute Gasteiger partial charge is 0.535 e. The maximum absolute atomic E-state index is 13.9. The maximum atomic E-state index is 13.9. The molecule has 0 atom stereocenters. The van der Waals surface area contributed by atoms with Gasteiger partial charge in [0.05, 0.1) is 6.26 Å². The van der Waals surface area contributed by atoms with Crippen molar-refractivity contribution < 1.29 is 26.2 Å². The number of hydrogen-bond acceptors (Lipinski definition) is 5. The van der Waals surface area contributed by atoms with Crippen molar-refractivity contribution in [2.75, 3.05) is 19.5 Å². The van der Waals surface area contributed by atoms with Gasteiger partial charge >= 0.3 is 9.04 Å². The molecule has 0 spiro atoms. The maximum Gasteiger partial charge on any atom is 0.345 e. The van der Waals surface area contributed by atoms with Crippen LogP contribution in [0.4, 0.5) is 4.39 Å². The van der Waals surface area contributed by atoms with Gasteiger partial charge in [-0.05, 0) is 48.0 Å². The molecule has 139 valence electrons. The van der Waals surface area contributed by atoms with Crippen LogP contribution < -0.4 is 14.9 Å². The Kier molecular flexibility index (Phi) is 6.51. The van der Waals surface area contributed by atoms with Crippen LogP contribution in [0, 0.1) is 12.7 Å². The van der Waals surface area contributed by atoms with Gasteiger partial charge in [0.25, 0.3) is 16.0 Å². The first-order chi connectivity index (χ1) is 12.2. The van der Waals surface area contributed by atoms with Crippen molar-refractivity contribution in [1.82, 2.24) is 5.32 Å². The quantitative estimate of drug-likeness (QED) is 0.563. The molecule has 26 heavy (non-hydrogen) atoms. The fraction of sp³-hybridized carbons (Fsp3) is 0.235. The summed E-state index contributed by atoms with van der Waals surface area (Å²) in [5, 5.41) is 3.05. The minimum atomic E-state index is -3.66. The van der Waals surface area contributed by atoms with E-state index in [0.29, 0.717) is 22.1 Å². The van der Waals surface area contributed by atoms with Crippen molar-refractivity contribution in [2.24, 2.45) is 0 Å². The summed E-state index contributed by atoms with van der Waals surface area (Å²) in [6.45, 7) is 1.64. The summed E-state index contributed by atoms with van der Waals surface area (Å²) >= 11 is 0. The Balaban J connectivity index is 2.25. The fourth-order valence-electron chi connectivity index (χ4n) is 2.06. The summed E-state index contributed by atoms with van der Waals surface area (Å²) < 4.78 is 47.3. The highest BCUT2D eigenvalue weighted by atomic mass is 32.2. The van der Waals surface area contributed by atoms with Crippen LogP contribution in [0.2, 0.25) is 0 Å². The highest BCUT2D eigenvalue weighted by Gasteiger charge is 2.23. The molecule has 2 aromatic carbocycles. The molecule has 0 heterocycles. The number of aryl methyl sites for hydroxylation is 1. The Hall–Kier alpha value is -2.23. The third kappa shape index (κ3) is 5.65. The summed E-state index contributed by atoms with van der Waals surface area (Å²) in [7, 11) is -4.16. The fourth-order valence-corrected chi connectivity index (χ4v) is 4.66. The van der Waals surface area contributed by atoms with Crippen molar-refractivity contribution in [3.05, 3.63) is 59.4 Å². The van der Waals surface area contributed by atoms with Crippen molar-refractivity contribution >= 4 is 30.3 Å². The summed E-state index contributed by atoms with van der Waals surface area (Å²) in [5.74, 6) is -0.198. The molecule has 0 aliphatic carbocycles. The van der Waals surface area contributed by atoms with Gasteiger partial charge in [-0.3, -0.25) is 8.98 Å². The topological polar surface area (TPSA) is 81.7 Å². The molecular formula is C17H19FNO5SSi. The van der Waals surface area contributed by atoms with E-state index in [2.05, 4.69) is 5.32 Å². The van der Waals surface area contributed by atoms with E-state index in [4.69, 9.17) is 8.61 Å². The predicted molar refractivity (Wildman–Crippen MR) is 97.8 cm³/mol. The molecule has 9 heteroatoms. The summed E-state index contributed by atoms with van der Waals surface area (Å²) in [4.78, 5) is 11.6. The zero-order chi connectivity index (χ0) is 19.3. The number of benzene rings is 2. The number of halogens is 1. The molecule has 0 unspecified atom stereocenters. The van der Waals surface area contributed by atoms with E-state index in [9.17, 15) is 17.6 Å². The average molecular weight is 396 g/mol. The molecule has 0 aliphatic rings. The van der Waals surface area contributed by atoms with Gasteiger partial charge in [0.2, 0.25) is 0 Å². The Morgan fingerprint density at radius 3 is 2.38 bits per heavy atom. The second-order valence-corrected chi connectivity index (χ2v) is 9.12. The molecular weight excluding hydrogens is 377 g/mol.